The zero-order valence-electron chi connectivity index (χ0n) is 10.2. The van der Waals surface area contributed by atoms with E-state index >= 15 is 0 Å². The topological polar surface area (TPSA) is 27.1 Å². The quantitative estimate of drug-likeness (QED) is 0.868. The number of nitrogens with zero attached hydrogens (tertiary/aromatic N) is 2. The van der Waals surface area contributed by atoms with Crippen LogP contribution in [0, 0.1) is 13.8 Å². The summed E-state index contributed by atoms with van der Waals surface area (Å²) in [5.41, 5.74) is 3.39. The summed E-state index contributed by atoms with van der Waals surface area (Å²) in [5.74, 6) is 0.878. The van der Waals surface area contributed by atoms with Crippen LogP contribution in [0.25, 0.3) is 0 Å². The summed E-state index contributed by atoms with van der Waals surface area (Å²) < 4.78 is 8.23. The first kappa shape index (κ1) is 12.2. The van der Waals surface area contributed by atoms with E-state index < -0.39 is 0 Å². The van der Waals surface area contributed by atoms with Crippen LogP contribution < -0.4 is 4.74 Å². The van der Waals surface area contributed by atoms with Crippen molar-refractivity contribution in [1.29, 1.82) is 0 Å². The number of aryl methyl sites for hydroxylation is 1. The molecule has 17 heavy (non-hydrogen) atoms. The molecule has 0 saturated carbocycles. The van der Waals surface area contributed by atoms with Gasteiger partial charge in [0.25, 0.3) is 0 Å². The number of ether oxygens (including phenoxy) is 1. The van der Waals surface area contributed by atoms with Gasteiger partial charge in [0.15, 0.2) is 0 Å². The highest BCUT2D eigenvalue weighted by molar-refractivity contribution is 9.10. The minimum Gasteiger partial charge on any atom is -0.497 e. The predicted molar refractivity (Wildman–Crippen MR) is 71.5 cm³/mol. The lowest BCUT2D eigenvalue weighted by Gasteiger charge is -2.05. The fraction of sp³-hybridized carbons (Fsp3) is 0.308. The number of halogens is 1. The van der Waals surface area contributed by atoms with E-state index in [4.69, 9.17) is 4.74 Å². The van der Waals surface area contributed by atoms with Crippen molar-refractivity contribution >= 4 is 15.9 Å². The highest BCUT2D eigenvalue weighted by Gasteiger charge is 2.08. The molecule has 1 aromatic carbocycles. The third-order valence-corrected chi connectivity index (χ3v) is 3.93. The van der Waals surface area contributed by atoms with Crippen molar-refractivity contribution in [2.45, 2.75) is 20.4 Å². The molecule has 0 spiro atoms. The van der Waals surface area contributed by atoms with E-state index in [9.17, 15) is 0 Å². The molecule has 2 aromatic rings. The number of aromatic nitrogens is 2. The maximum absolute atomic E-state index is 5.14. The molecule has 0 fully saturated rings. The maximum atomic E-state index is 5.14. The van der Waals surface area contributed by atoms with Gasteiger partial charge in [-0.1, -0.05) is 12.1 Å². The molecule has 3 nitrogen and oxygen atoms in total. The van der Waals surface area contributed by atoms with Crippen molar-refractivity contribution in [1.82, 2.24) is 9.78 Å². The Balaban J connectivity index is 2.22. The summed E-state index contributed by atoms with van der Waals surface area (Å²) >= 11 is 3.53. The Hall–Kier alpha value is -1.29. The lowest BCUT2D eigenvalue weighted by Crippen LogP contribution is -2.03. The summed E-state index contributed by atoms with van der Waals surface area (Å²) in [6, 6.07) is 8.05. The van der Waals surface area contributed by atoms with Gasteiger partial charge in [-0.3, -0.25) is 4.68 Å². The van der Waals surface area contributed by atoms with Crippen molar-refractivity contribution in [3.63, 3.8) is 0 Å². The Kier molecular flexibility index (Phi) is 3.52. The summed E-state index contributed by atoms with van der Waals surface area (Å²) in [6.45, 7) is 4.84. The molecule has 0 amide bonds. The third kappa shape index (κ3) is 2.52. The molecule has 0 N–H and O–H groups in total. The van der Waals surface area contributed by atoms with E-state index in [1.54, 1.807) is 7.11 Å². The van der Waals surface area contributed by atoms with Gasteiger partial charge in [-0.25, -0.2) is 0 Å². The van der Waals surface area contributed by atoms with Crippen LogP contribution in [-0.4, -0.2) is 16.9 Å². The molecule has 0 aliphatic rings. The molecule has 1 aromatic heterocycles. The summed E-state index contributed by atoms with van der Waals surface area (Å²) in [6.07, 6.45) is 0. The van der Waals surface area contributed by atoms with Gasteiger partial charge < -0.3 is 4.74 Å². The van der Waals surface area contributed by atoms with E-state index in [1.807, 2.05) is 23.7 Å². The Morgan fingerprint density at radius 2 is 1.88 bits per heavy atom. The van der Waals surface area contributed by atoms with Crippen LogP contribution in [-0.2, 0) is 6.54 Å². The van der Waals surface area contributed by atoms with Gasteiger partial charge in [0.2, 0.25) is 0 Å². The molecule has 0 atom stereocenters. The van der Waals surface area contributed by atoms with Crippen molar-refractivity contribution in [3.8, 4) is 5.75 Å². The van der Waals surface area contributed by atoms with Gasteiger partial charge in [0.1, 0.15) is 5.75 Å². The van der Waals surface area contributed by atoms with E-state index in [0.29, 0.717) is 0 Å². The zero-order chi connectivity index (χ0) is 12.4. The molecule has 0 aliphatic carbocycles. The van der Waals surface area contributed by atoms with Crippen molar-refractivity contribution < 1.29 is 4.74 Å². The van der Waals surface area contributed by atoms with Crippen LogP contribution in [0.4, 0.5) is 0 Å². The monoisotopic (exact) mass is 294 g/mol. The van der Waals surface area contributed by atoms with Gasteiger partial charge in [-0.15, -0.1) is 0 Å². The van der Waals surface area contributed by atoms with E-state index in [0.717, 1.165) is 28.2 Å². The standard InChI is InChI=1S/C13H15BrN2O/c1-9-13(14)10(2)16(15-9)8-11-4-6-12(17-3)7-5-11/h4-7H,8H2,1-3H3. The summed E-state index contributed by atoms with van der Waals surface area (Å²) in [4.78, 5) is 0. The SMILES string of the molecule is COc1ccc(Cn2nc(C)c(Br)c2C)cc1. The lowest BCUT2D eigenvalue weighted by molar-refractivity contribution is 0.414. The average Bonchev–Trinajstić information content (AvgIpc) is 2.58. The van der Waals surface area contributed by atoms with Gasteiger partial charge >= 0.3 is 0 Å². The highest BCUT2D eigenvalue weighted by atomic mass is 79.9. The molecule has 1 heterocycles. The first-order chi connectivity index (χ1) is 8.11. The molecule has 0 saturated heterocycles. The van der Waals surface area contributed by atoms with Gasteiger partial charge in [0, 0.05) is 0 Å². The van der Waals surface area contributed by atoms with Crippen LogP contribution in [0.3, 0.4) is 0 Å². The summed E-state index contributed by atoms with van der Waals surface area (Å²) in [7, 11) is 1.67. The van der Waals surface area contributed by atoms with E-state index in [1.165, 1.54) is 5.56 Å². The van der Waals surface area contributed by atoms with Gasteiger partial charge in [-0.05, 0) is 47.5 Å². The van der Waals surface area contributed by atoms with Crippen LogP contribution >= 0.6 is 15.9 Å². The number of rotatable bonds is 3. The number of hydrogen-bond acceptors (Lipinski definition) is 2. The molecular formula is C13H15BrN2O. The smallest absolute Gasteiger partial charge is 0.118 e. The van der Waals surface area contributed by atoms with Crippen LogP contribution in [0.2, 0.25) is 0 Å². The largest absolute Gasteiger partial charge is 0.497 e. The molecule has 4 heteroatoms. The second kappa shape index (κ2) is 4.92. The second-order valence-electron chi connectivity index (χ2n) is 3.99. The average molecular weight is 295 g/mol. The van der Waals surface area contributed by atoms with Crippen LogP contribution in [0.1, 0.15) is 17.0 Å². The fourth-order valence-corrected chi connectivity index (χ4v) is 2.02. The molecule has 0 radical (unpaired) electrons. The minimum absolute atomic E-state index is 0.780. The molecule has 0 unspecified atom stereocenters. The van der Waals surface area contributed by atoms with Crippen molar-refractivity contribution in [2.24, 2.45) is 0 Å². The second-order valence-corrected chi connectivity index (χ2v) is 4.78. The maximum Gasteiger partial charge on any atom is 0.118 e. The van der Waals surface area contributed by atoms with Crippen LogP contribution in [0.15, 0.2) is 28.7 Å². The Morgan fingerprint density at radius 3 is 2.35 bits per heavy atom. The zero-order valence-corrected chi connectivity index (χ0v) is 11.8. The van der Waals surface area contributed by atoms with Crippen molar-refractivity contribution in [2.75, 3.05) is 7.11 Å². The normalized spacial score (nSPS) is 10.6. The first-order valence-electron chi connectivity index (χ1n) is 5.44. The lowest BCUT2D eigenvalue weighted by atomic mass is 10.2. The minimum atomic E-state index is 0.780. The molecular weight excluding hydrogens is 280 g/mol. The third-order valence-electron chi connectivity index (χ3n) is 2.78. The Bertz CT molecular complexity index is 517. The summed E-state index contributed by atoms with van der Waals surface area (Å²) in [5, 5.41) is 4.49. The van der Waals surface area contributed by atoms with E-state index in [-0.39, 0.29) is 0 Å². The first-order valence-corrected chi connectivity index (χ1v) is 6.23. The molecule has 90 valence electrons. The van der Waals surface area contributed by atoms with Gasteiger partial charge in [0.05, 0.1) is 29.5 Å². The molecule has 0 aliphatic heterocycles. The van der Waals surface area contributed by atoms with Crippen LogP contribution in [0.5, 0.6) is 5.75 Å². The van der Waals surface area contributed by atoms with Gasteiger partial charge in [-0.2, -0.15) is 5.10 Å². The van der Waals surface area contributed by atoms with Crippen molar-refractivity contribution in [3.05, 3.63) is 45.7 Å². The number of methoxy groups -OCH3 is 1. The molecule has 2 rings (SSSR count). The highest BCUT2D eigenvalue weighted by Crippen LogP contribution is 2.21. The molecule has 0 bridgehead atoms. The Labute approximate surface area is 110 Å². The fourth-order valence-electron chi connectivity index (χ4n) is 1.73. The van der Waals surface area contributed by atoms with E-state index in [2.05, 4.69) is 40.1 Å². The number of benzene rings is 1. The number of hydrogen-bond donors (Lipinski definition) is 0. The predicted octanol–water partition coefficient (Wildman–Crippen LogP) is 3.32. The Morgan fingerprint density at radius 1 is 1.24 bits per heavy atom.